The fourth-order valence-corrected chi connectivity index (χ4v) is 0.865. The molecule has 0 spiro atoms. The van der Waals surface area contributed by atoms with Crippen molar-refractivity contribution in [3.63, 3.8) is 0 Å². The highest BCUT2D eigenvalue weighted by molar-refractivity contribution is 5.55. The molecule has 5 nitrogen and oxygen atoms in total. The number of aryl methyl sites for hydroxylation is 1. The van der Waals surface area contributed by atoms with Crippen LogP contribution < -0.4 is 12.4 Å². The number of non-ortho nitro benzene ring substituents is 1. The molecule has 0 amide bonds. The number of nitro benzene ring substituents is 1. The summed E-state index contributed by atoms with van der Waals surface area (Å²) in [5.74, 6) is 0. The van der Waals surface area contributed by atoms with Gasteiger partial charge < -0.3 is 12.4 Å². The van der Waals surface area contributed by atoms with Crippen LogP contribution in [0.2, 0.25) is 0 Å². The van der Waals surface area contributed by atoms with Crippen molar-refractivity contribution in [1.29, 1.82) is 5.39 Å². The highest BCUT2D eigenvalue weighted by atomic mass is 35.5. The summed E-state index contributed by atoms with van der Waals surface area (Å²) in [6, 6.07) is 4.05. The number of nitrogens with zero attached hydrogens (tertiary/aromatic N) is 3. The molecule has 0 N–H and O–H groups in total. The number of halogens is 1. The molecule has 0 saturated carbocycles. The van der Waals surface area contributed by atoms with Gasteiger partial charge in [0.25, 0.3) is 5.69 Å². The van der Waals surface area contributed by atoms with Crippen LogP contribution >= 0.6 is 0 Å². The average Bonchev–Trinajstić information content (AvgIpc) is 2.04. The molecule has 68 valence electrons. The van der Waals surface area contributed by atoms with Crippen molar-refractivity contribution in [1.82, 2.24) is 0 Å². The molecule has 6 heteroatoms. The van der Waals surface area contributed by atoms with Gasteiger partial charge in [-0.05, 0) is 6.92 Å². The van der Waals surface area contributed by atoms with Gasteiger partial charge >= 0.3 is 5.69 Å². The summed E-state index contributed by atoms with van der Waals surface area (Å²) >= 11 is 0. The Hall–Kier alpha value is -1.67. The Kier molecular flexibility index (Phi) is 3.82. The lowest BCUT2D eigenvalue weighted by atomic mass is 10.2. The van der Waals surface area contributed by atoms with Crippen LogP contribution in [0.15, 0.2) is 18.2 Å². The van der Waals surface area contributed by atoms with Gasteiger partial charge in [0.05, 0.1) is 10.5 Å². The van der Waals surface area contributed by atoms with Crippen LogP contribution in [0.3, 0.4) is 0 Å². The van der Waals surface area contributed by atoms with Crippen molar-refractivity contribution in [2.45, 2.75) is 6.92 Å². The van der Waals surface area contributed by atoms with E-state index in [0.29, 0.717) is 11.3 Å². The molecule has 0 aliphatic carbocycles. The molecular formula is C7H6ClN3O2. The maximum atomic E-state index is 10.3. The van der Waals surface area contributed by atoms with Crippen LogP contribution in [0.25, 0.3) is 4.98 Å². The number of nitro groups is 1. The van der Waals surface area contributed by atoms with Crippen molar-refractivity contribution >= 4 is 11.4 Å². The lowest BCUT2D eigenvalue weighted by molar-refractivity contribution is -0.384. The lowest BCUT2D eigenvalue weighted by Crippen LogP contribution is -3.00. The summed E-state index contributed by atoms with van der Waals surface area (Å²) in [4.78, 5) is 12.7. The van der Waals surface area contributed by atoms with Gasteiger partial charge in [-0.25, -0.2) is 0 Å². The fraction of sp³-hybridized carbons (Fsp3) is 0.143. The van der Waals surface area contributed by atoms with E-state index in [1.54, 1.807) is 6.92 Å². The molecule has 0 aliphatic heterocycles. The number of diazo groups is 1. The third-order valence-corrected chi connectivity index (χ3v) is 1.50. The van der Waals surface area contributed by atoms with E-state index < -0.39 is 4.92 Å². The Morgan fingerprint density at radius 1 is 1.54 bits per heavy atom. The lowest BCUT2D eigenvalue weighted by Gasteiger charge is -1.89. The Morgan fingerprint density at radius 3 is 2.54 bits per heavy atom. The van der Waals surface area contributed by atoms with E-state index in [4.69, 9.17) is 5.39 Å². The summed E-state index contributed by atoms with van der Waals surface area (Å²) < 4.78 is 0. The van der Waals surface area contributed by atoms with Crippen molar-refractivity contribution in [2.24, 2.45) is 0 Å². The van der Waals surface area contributed by atoms with Gasteiger partial charge in [-0.2, -0.15) is 0 Å². The molecule has 0 bridgehead atoms. The summed E-state index contributed by atoms with van der Waals surface area (Å²) in [7, 11) is 0. The number of benzene rings is 1. The van der Waals surface area contributed by atoms with Crippen molar-refractivity contribution in [3.05, 3.63) is 38.9 Å². The van der Waals surface area contributed by atoms with Gasteiger partial charge in [-0.15, -0.1) is 0 Å². The van der Waals surface area contributed by atoms with Gasteiger partial charge in [-0.1, -0.05) is 0 Å². The molecular weight excluding hydrogens is 194 g/mol. The standard InChI is InChI=1S/C7H6N3O2.ClH/c1-5-4-6(10(11)12)2-3-7(5)9-8;/h2-4H,1H3;1H/q+1;/p-1. The second kappa shape index (κ2) is 4.38. The molecule has 1 rings (SSSR count). The first-order chi connectivity index (χ1) is 5.65. The summed E-state index contributed by atoms with van der Waals surface area (Å²) in [6.07, 6.45) is 0. The predicted octanol–water partition coefficient (Wildman–Crippen LogP) is -0.608. The molecule has 0 aromatic heterocycles. The zero-order valence-corrected chi connectivity index (χ0v) is 7.52. The van der Waals surface area contributed by atoms with E-state index >= 15 is 0 Å². The maximum Gasteiger partial charge on any atom is 0.388 e. The molecule has 0 atom stereocenters. The smallest absolute Gasteiger partial charge is 0.388 e. The Morgan fingerprint density at radius 2 is 2.15 bits per heavy atom. The van der Waals surface area contributed by atoms with Crippen molar-refractivity contribution in [3.8, 4) is 0 Å². The van der Waals surface area contributed by atoms with E-state index in [1.807, 2.05) is 0 Å². The molecule has 0 saturated heterocycles. The van der Waals surface area contributed by atoms with E-state index in [0.717, 1.165) is 0 Å². The van der Waals surface area contributed by atoms with Gasteiger partial charge in [0.1, 0.15) is 0 Å². The highest BCUT2D eigenvalue weighted by Gasteiger charge is 2.14. The molecule has 13 heavy (non-hydrogen) atoms. The van der Waals surface area contributed by atoms with Crippen molar-refractivity contribution < 1.29 is 17.3 Å². The molecule has 0 radical (unpaired) electrons. The largest absolute Gasteiger partial charge is 1.00 e. The molecule has 1 aromatic rings. The minimum atomic E-state index is -0.492. The third kappa shape index (κ3) is 2.39. The number of hydrogen-bond acceptors (Lipinski definition) is 3. The van der Waals surface area contributed by atoms with Crippen LogP contribution in [-0.4, -0.2) is 4.92 Å². The average molecular weight is 200 g/mol. The normalized spacial score (nSPS) is 8.31. The molecule has 0 unspecified atom stereocenters. The predicted molar refractivity (Wildman–Crippen MR) is 42.6 cm³/mol. The monoisotopic (exact) mass is 199 g/mol. The second-order valence-corrected chi connectivity index (χ2v) is 2.33. The minimum Gasteiger partial charge on any atom is -1.00 e. The van der Waals surface area contributed by atoms with Gasteiger partial charge in [0.2, 0.25) is 5.39 Å². The topological polar surface area (TPSA) is 71.3 Å². The first-order valence-corrected chi connectivity index (χ1v) is 3.25. The quantitative estimate of drug-likeness (QED) is 0.344. The van der Waals surface area contributed by atoms with Gasteiger partial charge in [0.15, 0.2) is 4.98 Å². The Labute approximate surface area is 80.6 Å². The maximum absolute atomic E-state index is 10.3. The van der Waals surface area contributed by atoms with E-state index in [-0.39, 0.29) is 18.1 Å². The third-order valence-electron chi connectivity index (χ3n) is 1.50. The number of hydrogen-bond donors (Lipinski definition) is 0. The van der Waals surface area contributed by atoms with Crippen LogP contribution in [0.1, 0.15) is 5.56 Å². The molecule has 0 fully saturated rings. The van der Waals surface area contributed by atoms with Crippen LogP contribution in [-0.2, 0) is 0 Å². The SMILES string of the molecule is Cc1cc([N+](=O)[O-])ccc1[N+]#N.[Cl-]. The zero-order chi connectivity index (χ0) is 9.14. The van der Waals surface area contributed by atoms with E-state index in [1.165, 1.54) is 18.2 Å². The first-order valence-electron chi connectivity index (χ1n) is 3.25. The molecule has 0 heterocycles. The zero-order valence-electron chi connectivity index (χ0n) is 6.77. The summed E-state index contributed by atoms with van der Waals surface area (Å²) in [5.41, 5.74) is 0.923. The van der Waals surface area contributed by atoms with Crippen LogP contribution in [0.4, 0.5) is 11.4 Å². The highest BCUT2D eigenvalue weighted by Crippen LogP contribution is 2.22. The fourth-order valence-electron chi connectivity index (χ4n) is 0.865. The Bertz CT molecular complexity index is 372. The first kappa shape index (κ1) is 11.3. The van der Waals surface area contributed by atoms with Crippen LogP contribution in [0.5, 0.6) is 0 Å². The van der Waals surface area contributed by atoms with Crippen molar-refractivity contribution in [2.75, 3.05) is 0 Å². The van der Waals surface area contributed by atoms with Crippen LogP contribution in [0, 0.1) is 22.4 Å². The van der Waals surface area contributed by atoms with E-state index in [9.17, 15) is 10.1 Å². The van der Waals surface area contributed by atoms with Gasteiger partial charge in [0, 0.05) is 18.2 Å². The van der Waals surface area contributed by atoms with E-state index in [2.05, 4.69) is 4.98 Å². The summed E-state index contributed by atoms with van der Waals surface area (Å²) in [5, 5.41) is 18.7. The Balaban J connectivity index is 0.00000144. The minimum absolute atomic E-state index is 0. The second-order valence-electron chi connectivity index (χ2n) is 2.33. The molecule has 1 aromatic carbocycles. The molecule has 0 aliphatic rings. The summed E-state index contributed by atoms with van der Waals surface area (Å²) in [6.45, 7) is 1.64. The number of rotatable bonds is 1. The van der Waals surface area contributed by atoms with Gasteiger partial charge in [-0.3, -0.25) is 10.1 Å².